The third-order valence-corrected chi connectivity index (χ3v) is 5.38. The van der Waals surface area contributed by atoms with Gasteiger partial charge < -0.3 is 15.2 Å². The largest absolute Gasteiger partial charge is 0.370 e. The van der Waals surface area contributed by atoms with Crippen LogP contribution >= 0.6 is 0 Å². The van der Waals surface area contributed by atoms with Crippen LogP contribution in [0.5, 0.6) is 0 Å². The van der Waals surface area contributed by atoms with Gasteiger partial charge in [0.05, 0.1) is 23.4 Å². The Balaban J connectivity index is 1.54. The van der Waals surface area contributed by atoms with Gasteiger partial charge in [0.15, 0.2) is 0 Å². The molecule has 3 aliphatic rings. The summed E-state index contributed by atoms with van der Waals surface area (Å²) in [5.74, 6) is 0. The third kappa shape index (κ3) is 3.79. The molecule has 1 saturated carbocycles. The van der Waals surface area contributed by atoms with Gasteiger partial charge in [-0.25, -0.2) is 0 Å². The van der Waals surface area contributed by atoms with Crippen molar-refractivity contribution in [2.45, 2.75) is 82.2 Å². The average molecular weight is 296 g/mol. The fraction of sp³-hybridized carbons (Fsp3) is 1.00. The van der Waals surface area contributed by atoms with E-state index in [1.807, 2.05) is 0 Å². The molecule has 0 bridgehead atoms. The molecule has 2 unspecified atom stereocenters. The second kappa shape index (κ2) is 6.15. The lowest BCUT2D eigenvalue weighted by Crippen LogP contribution is -2.56. The molecule has 2 atom stereocenters. The molecule has 21 heavy (non-hydrogen) atoms. The van der Waals surface area contributed by atoms with E-state index in [1.165, 1.54) is 44.9 Å². The molecule has 0 aromatic carbocycles. The summed E-state index contributed by atoms with van der Waals surface area (Å²) in [6.45, 7) is 7.92. The predicted molar refractivity (Wildman–Crippen MR) is 84.4 cm³/mol. The smallest absolute Gasteiger partial charge is 0.0831 e. The number of hydrogen-bond donors (Lipinski definition) is 1. The molecule has 1 spiro atoms. The van der Waals surface area contributed by atoms with E-state index in [2.05, 4.69) is 18.7 Å². The van der Waals surface area contributed by atoms with Crippen LogP contribution in [0.25, 0.3) is 0 Å². The van der Waals surface area contributed by atoms with E-state index in [-0.39, 0.29) is 17.3 Å². The fourth-order valence-corrected chi connectivity index (χ4v) is 4.55. The van der Waals surface area contributed by atoms with Gasteiger partial charge in [0.1, 0.15) is 0 Å². The fourth-order valence-electron chi connectivity index (χ4n) is 4.55. The highest BCUT2D eigenvalue weighted by molar-refractivity contribution is 4.93. The number of rotatable bonds is 3. The molecule has 122 valence electrons. The minimum absolute atomic E-state index is 0.0938. The number of hydrogen-bond acceptors (Lipinski definition) is 4. The molecule has 0 aromatic rings. The van der Waals surface area contributed by atoms with Crippen molar-refractivity contribution in [2.24, 2.45) is 5.73 Å². The Kier molecular flexibility index (Phi) is 4.60. The van der Waals surface area contributed by atoms with Crippen LogP contribution in [0.3, 0.4) is 0 Å². The minimum Gasteiger partial charge on any atom is -0.370 e. The number of nitrogens with two attached hydrogens (primary N) is 1. The molecule has 4 heteroatoms. The van der Waals surface area contributed by atoms with Gasteiger partial charge in [-0.2, -0.15) is 0 Å². The second-order valence-corrected chi connectivity index (χ2v) is 7.95. The Morgan fingerprint density at radius 3 is 2.52 bits per heavy atom. The van der Waals surface area contributed by atoms with Crippen molar-refractivity contribution in [3.8, 4) is 0 Å². The van der Waals surface area contributed by atoms with Crippen LogP contribution in [0.1, 0.15) is 58.8 Å². The molecule has 0 aromatic heterocycles. The van der Waals surface area contributed by atoms with Gasteiger partial charge in [0.2, 0.25) is 0 Å². The van der Waals surface area contributed by atoms with Crippen molar-refractivity contribution in [1.82, 2.24) is 4.90 Å². The summed E-state index contributed by atoms with van der Waals surface area (Å²) in [5, 5.41) is 0. The monoisotopic (exact) mass is 296 g/mol. The van der Waals surface area contributed by atoms with E-state index in [9.17, 15) is 0 Å². The Hall–Kier alpha value is -0.160. The summed E-state index contributed by atoms with van der Waals surface area (Å²) >= 11 is 0. The first kappa shape index (κ1) is 15.7. The number of nitrogens with zero attached hydrogens (tertiary/aromatic N) is 1. The van der Waals surface area contributed by atoms with E-state index >= 15 is 0 Å². The maximum Gasteiger partial charge on any atom is 0.0831 e. The topological polar surface area (TPSA) is 47.7 Å². The van der Waals surface area contributed by atoms with Gasteiger partial charge in [-0.1, -0.05) is 19.3 Å². The van der Waals surface area contributed by atoms with Crippen molar-refractivity contribution in [3.63, 3.8) is 0 Å². The van der Waals surface area contributed by atoms with Crippen LogP contribution in [0.4, 0.5) is 0 Å². The zero-order valence-electron chi connectivity index (χ0n) is 13.8. The van der Waals surface area contributed by atoms with Gasteiger partial charge in [0, 0.05) is 26.2 Å². The van der Waals surface area contributed by atoms with E-state index in [0.717, 1.165) is 19.6 Å². The zero-order valence-corrected chi connectivity index (χ0v) is 13.8. The zero-order chi connectivity index (χ0) is 14.9. The Labute approximate surface area is 129 Å². The lowest BCUT2D eigenvalue weighted by atomic mass is 9.83. The maximum atomic E-state index is 6.52. The lowest BCUT2D eigenvalue weighted by molar-refractivity contribution is -0.143. The molecule has 3 rings (SSSR count). The standard InChI is InChI=1S/C17H32N2O2/c1-16(2)13-19(12-15(10-18)20-16)11-14-6-9-17(21-14)7-4-3-5-8-17/h14-15H,3-13,18H2,1-2H3. The highest BCUT2D eigenvalue weighted by Crippen LogP contribution is 2.42. The first-order chi connectivity index (χ1) is 10.0. The summed E-state index contributed by atoms with van der Waals surface area (Å²) in [7, 11) is 0. The van der Waals surface area contributed by atoms with E-state index in [0.29, 0.717) is 12.6 Å². The predicted octanol–water partition coefficient (Wildman–Crippen LogP) is 2.31. The number of morpholine rings is 1. The quantitative estimate of drug-likeness (QED) is 0.868. The molecule has 2 aliphatic heterocycles. The first-order valence-corrected chi connectivity index (χ1v) is 8.78. The molecular formula is C17H32N2O2. The van der Waals surface area contributed by atoms with Gasteiger partial charge in [-0.3, -0.25) is 4.90 Å². The number of ether oxygens (including phenoxy) is 2. The highest BCUT2D eigenvalue weighted by Gasteiger charge is 2.42. The molecule has 2 saturated heterocycles. The van der Waals surface area contributed by atoms with Crippen LogP contribution in [-0.2, 0) is 9.47 Å². The summed E-state index contributed by atoms with van der Waals surface area (Å²) < 4.78 is 12.5. The highest BCUT2D eigenvalue weighted by atomic mass is 16.5. The Morgan fingerprint density at radius 2 is 1.81 bits per heavy atom. The molecule has 0 radical (unpaired) electrons. The van der Waals surface area contributed by atoms with Gasteiger partial charge in [-0.15, -0.1) is 0 Å². The molecule has 4 nitrogen and oxygen atoms in total. The summed E-state index contributed by atoms with van der Waals surface area (Å²) in [6.07, 6.45) is 9.74. The van der Waals surface area contributed by atoms with E-state index in [4.69, 9.17) is 15.2 Å². The first-order valence-electron chi connectivity index (χ1n) is 8.78. The van der Waals surface area contributed by atoms with Crippen molar-refractivity contribution >= 4 is 0 Å². The third-order valence-electron chi connectivity index (χ3n) is 5.38. The van der Waals surface area contributed by atoms with Crippen molar-refractivity contribution in [1.29, 1.82) is 0 Å². The van der Waals surface area contributed by atoms with E-state index in [1.54, 1.807) is 0 Å². The maximum absolute atomic E-state index is 6.52. The normalized spacial score (nSPS) is 36.1. The van der Waals surface area contributed by atoms with Gasteiger partial charge in [-0.05, 0) is 39.5 Å². The summed E-state index contributed by atoms with van der Waals surface area (Å²) in [6, 6.07) is 0. The van der Waals surface area contributed by atoms with Gasteiger partial charge >= 0.3 is 0 Å². The van der Waals surface area contributed by atoms with Crippen molar-refractivity contribution in [2.75, 3.05) is 26.2 Å². The van der Waals surface area contributed by atoms with Crippen LogP contribution in [0, 0.1) is 0 Å². The SMILES string of the molecule is CC1(C)CN(CC2CCC3(CCCCC3)O2)CC(CN)O1. The summed E-state index contributed by atoms with van der Waals surface area (Å²) in [5.41, 5.74) is 5.96. The van der Waals surface area contributed by atoms with Crippen LogP contribution in [0.2, 0.25) is 0 Å². The summed E-state index contributed by atoms with van der Waals surface area (Å²) in [4.78, 5) is 2.51. The van der Waals surface area contributed by atoms with Crippen LogP contribution in [0.15, 0.2) is 0 Å². The molecule has 2 heterocycles. The molecule has 0 amide bonds. The van der Waals surface area contributed by atoms with Crippen molar-refractivity contribution < 1.29 is 9.47 Å². The van der Waals surface area contributed by atoms with Gasteiger partial charge in [0.25, 0.3) is 0 Å². The minimum atomic E-state index is -0.0938. The molecule has 3 fully saturated rings. The molecule has 1 aliphatic carbocycles. The molecule has 2 N–H and O–H groups in total. The Bertz CT molecular complexity index is 353. The average Bonchev–Trinajstić information content (AvgIpc) is 2.80. The lowest BCUT2D eigenvalue weighted by Gasteiger charge is -2.43. The second-order valence-electron chi connectivity index (χ2n) is 7.95. The van der Waals surface area contributed by atoms with Crippen LogP contribution < -0.4 is 5.73 Å². The Morgan fingerprint density at radius 1 is 1.05 bits per heavy atom. The van der Waals surface area contributed by atoms with Crippen molar-refractivity contribution in [3.05, 3.63) is 0 Å². The molecular weight excluding hydrogens is 264 g/mol. The van der Waals surface area contributed by atoms with E-state index < -0.39 is 0 Å². The van der Waals surface area contributed by atoms with Crippen LogP contribution in [-0.4, -0.2) is 54.5 Å².